The lowest BCUT2D eigenvalue weighted by Gasteiger charge is -2.45. The maximum Gasteiger partial charge on any atom is 0.331 e. The Hall–Kier alpha value is -1.17. The number of rotatable bonds is 5. The zero-order chi connectivity index (χ0) is 18.3. The molecule has 0 bridgehead atoms. The summed E-state index contributed by atoms with van der Waals surface area (Å²) < 4.78 is 23.3. The summed E-state index contributed by atoms with van der Waals surface area (Å²) in [6.45, 7) is 12.1. The van der Waals surface area contributed by atoms with Crippen molar-refractivity contribution in [2.45, 2.75) is 70.9 Å². The van der Waals surface area contributed by atoms with Crippen LogP contribution in [0.15, 0.2) is 23.8 Å². The van der Waals surface area contributed by atoms with Gasteiger partial charge in [0.2, 0.25) is 0 Å². The largest absolute Gasteiger partial charge is 0.463 e. The first kappa shape index (κ1) is 18.6. The summed E-state index contributed by atoms with van der Waals surface area (Å²) in [6.07, 6.45) is 7.95. The summed E-state index contributed by atoms with van der Waals surface area (Å²) in [5.41, 5.74) is 0.0589. The third-order valence-corrected chi connectivity index (χ3v) is 5.64. The summed E-state index contributed by atoms with van der Waals surface area (Å²) in [4.78, 5) is 11.7. The number of epoxide rings is 1. The summed E-state index contributed by atoms with van der Waals surface area (Å²) in [5.74, 6) is -0.809. The normalized spacial score (nSPS) is 35.8. The van der Waals surface area contributed by atoms with Gasteiger partial charge in [-0.2, -0.15) is 0 Å². The molecule has 0 radical (unpaired) electrons. The number of carbonyl (C=O) groups excluding carboxylic acids is 1. The average molecular weight is 350 g/mol. The molecule has 0 aromatic heterocycles. The van der Waals surface area contributed by atoms with Crippen LogP contribution < -0.4 is 0 Å². The van der Waals surface area contributed by atoms with Gasteiger partial charge in [0.1, 0.15) is 11.2 Å². The minimum absolute atomic E-state index is 0.135. The molecule has 2 atom stereocenters. The van der Waals surface area contributed by atoms with E-state index in [0.717, 1.165) is 24.8 Å². The first-order chi connectivity index (χ1) is 11.7. The molecule has 2 unspecified atom stereocenters. The van der Waals surface area contributed by atoms with Gasteiger partial charge in [-0.25, -0.2) is 4.79 Å². The second-order valence-corrected chi connectivity index (χ2v) is 8.30. The highest BCUT2D eigenvalue weighted by Gasteiger charge is 2.78. The fourth-order valence-corrected chi connectivity index (χ4v) is 4.60. The molecule has 1 aliphatic carbocycles. The molecular weight excluding hydrogens is 320 g/mol. The van der Waals surface area contributed by atoms with Crippen LogP contribution >= 0.6 is 0 Å². The predicted molar refractivity (Wildman–Crippen MR) is 94.0 cm³/mol. The van der Waals surface area contributed by atoms with Crippen LogP contribution in [0.4, 0.5) is 0 Å². The number of hydrogen-bond donors (Lipinski definition) is 0. The van der Waals surface area contributed by atoms with E-state index in [1.54, 1.807) is 0 Å². The lowest BCUT2D eigenvalue weighted by Crippen LogP contribution is -2.52. The van der Waals surface area contributed by atoms with Gasteiger partial charge >= 0.3 is 5.97 Å². The summed E-state index contributed by atoms with van der Waals surface area (Å²) in [7, 11) is 0. The molecule has 5 heteroatoms. The molecule has 2 aliphatic heterocycles. The van der Waals surface area contributed by atoms with E-state index >= 15 is 0 Å². The van der Waals surface area contributed by atoms with Crippen LogP contribution in [-0.4, -0.2) is 42.8 Å². The Morgan fingerprint density at radius 3 is 2.44 bits per heavy atom. The molecule has 3 rings (SSSR count). The Morgan fingerprint density at radius 2 is 1.84 bits per heavy atom. The standard InChI is InChI=1S/C20H30O5/c1-6-9-22-16(21)12-15(2)7-8-20-17(3,4)13-19(23-10-11-24-19)14-18(20,5)25-20/h7-8,12H,6,9-11,13-14H2,1-5H3/b8-7+,15-12+. The Bertz CT molecular complexity index is 599. The quantitative estimate of drug-likeness (QED) is 0.329. The molecule has 3 aliphatic rings. The Labute approximate surface area is 150 Å². The zero-order valence-corrected chi connectivity index (χ0v) is 16.0. The van der Waals surface area contributed by atoms with Crippen LogP contribution in [0, 0.1) is 5.41 Å². The minimum Gasteiger partial charge on any atom is -0.463 e. The van der Waals surface area contributed by atoms with Gasteiger partial charge in [0.15, 0.2) is 5.79 Å². The summed E-state index contributed by atoms with van der Waals surface area (Å²) in [6, 6.07) is 0. The molecule has 0 amide bonds. The van der Waals surface area contributed by atoms with E-state index in [1.807, 2.05) is 19.9 Å². The second kappa shape index (κ2) is 6.22. The summed E-state index contributed by atoms with van der Waals surface area (Å²) in [5, 5.41) is 0. The molecule has 5 nitrogen and oxygen atoms in total. The number of ether oxygens (including phenoxy) is 4. The topological polar surface area (TPSA) is 57.3 Å². The van der Waals surface area contributed by atoms with Crippen molar-refractivity contribution in [3.05, 3.63) is 23.8 Å². The predicted octanol–water partition coefficient (Wildman–Crippen LogP) is 3.53. The van der Waals surface area contributed by atoms with Gasteiger partial charge < -0.3 is 18.9 Å². The van der Waals surface area contributed by atoms with Crippen molar-refractivity contribution in [1.29, 1.82) is 0 Å². The van der Waals surface area contributed by atoms with Crippen molar-refractivity contribution in [1.82, 2.24) is 0 Å². The molecule has 0 aromatic carbocycles. The molecule has 25 heavy (non-hydrogen) atoms. The van der Waals surface area contributed by atoms with Crippen molar-refractivity contribution in [3.63, 3.8) is 0 Å². The fourth-order valence-electron chi connectivity index (χ4n) is 4.60. The van der Waals surface area contributed by atoms with Crippen LogP contribution in [0.2, 0.25) is 0 Å². The number of allylic oxidation sites excluding steroid dienone is 2. The monoisotopic (exact) mass is 350 g/mol. The maximum atomic E-state index is 11.7. The lowest BCUT2D eigenvalue weighted by molar-refractivity contribution is -0.201. The van der Waals surface area contributed by atoms with Crippen molar-refractivity contribution in [2.24, 2.45) is 5.41 Å². The number of esters is 1. The van der Waals surface area contributed by atoms with Crippen LogP contribution in [0.25, 0.3) is 0 Å². The van der Waals surface area contributed by atoms with Crippen molar-refractivity contribution in [2.75, 3.05) is 19.8 Å². The van der Waals surface area contributed by atoms with E-state index in [1.165, 1.54) is 6.08 Å². The van der Waals surface area contributed by atoms with E-state index in [4.69, 9.17) is 18.9 Å². The van der Waals surface area contributed by atoms with Gasteiger partial charge in [-0.3, -0.25) is 0 Å². The Morgan fingerprint density at radius 1 is 1.16 bits per heavy atom. The van der Waals surface area contributed by atoms with Gasteiger partial charge in [0, 0.05) is 24.3 Å². The fraction of sp³-hybridized carbons (Fsp3) is 0.750. The van der Waals surface area contributed by atoms with Gasteiger partial charge in [-0.15, -0.1) is 0 Å². The molecule has 0 aromatic rings. The van der Waals surface area contributed by atoms with Gasteiger partial charge in [0.05, 0.1) is 19.8 Å². The van der Waals surface area contributed by atoms with Crippen LogP contribution in [-0.2, 0) is 23.7 Å². The van der Waals surface area contributed by atoms with Crippen molar-refractivity contribution >= 4 is 5.97 Å². The third-order valence-electron chi connectivity index (χ3n) is 5.64. The van der Waals surface area contributed by atoms with Crippen LogP contribution in [0.3, 0.4) is 0 Å². The first-order valence-electron chi connectivity index (χ1n) is 9.20. The van der Waals surface area contributed by atoms with E-state index < -0.39 is 5.79 Å². The molecule has 2 heterocycles. The molecule has 1 spiro atoms. The third kappa shape index (κ3) is 3.18. The van der Waals surface area contributed by atoms with Crippen molar-refractivity contribution < 1.29 is 23.7 Å². The summed E-state index contributed by atoms with van der Waals surface area (Å²) >= 11 is 0. The van der Waals surface area contributed by atoms with Crippen LogP contribution in [0.1, 0.15) is 53.9 Å². The molecule has 140 valence electrons. The average Bonchev–Trinajstić information content (AvgIpc) is 2.89. The SMILES string of the molecule is CCCOC(=O)/C=C(C)/C=C/C12OC1(C)CC1(CC2(C)C)OCCO1. The molecule has 2 saturated heterocycles. The highest BCUT2D eigenvalue weighted by atomic mass is 16.7. The second-order valence-electron chi connectivity index (χ2n) is 8.30. The molecule has 0 N–H and O–H groups in total. The molecule has 3 fully saturated rings. The smallest absolute Gasteiger partial charge is 0.331 e. The first-order valence-corrected chi connectivity index (χ1v) is 9.20. The number of carbonyl (C=O) groups is 1. The molecule has 1 saturated carbocycles. The highest BCUT2D eigenvalue weighted by Crippen LogP contribution is 2.69. The Balaban J connectivity index is 1.74. The van der Waals surface area contributed by atoms with Gasteiger partial charge in [0.25, 0.3) is 0 Å². The lowest BCUT2D eigenvalue weighted by atomic mass is 9.61. The van der Waals surface area contributed by atoms with E-state index in [0.29, 0.717) is 19.8 Å². The van der Waals surface area contributed by atoms with Crippen LogP contribution in [0.5, 0.6) is 0 Å². The highest BCUT2D eigenvalue weighted by molar-refractivity contribution is 5.83. The zero-order valence-electron chi connectivity index (χ0n) is 16.0. The minimum atomic E-state index is -0.513. The van der Waals surface area contributed by atoms with Gasteiger partial charge in [-0.05, 0) is 31.9 Å². The number of hydrogen-bond acceptors (Lipinski definition) is 5. The van der Waals surface area contributed by atoms with E-state index in [-0.39, 0.29) is 22.6 Å². The maximum absolute atomic E-state index is 11.7. The Kier molecular flexibility index (Phi) is 4.63. The van der Waals surface area contributed by atoms with E-state index in [9.17, 15) is 4.79 Å². The van der Waals surface area contributed by atoms with E-state index in [2.05, 4.69) is 26.8 Å². The number of fused-ring (bicyclic) bond motifs is 1. The van der Waals surface area contributed by atoms with Gasteiger partial charge in [-0.1, -0.05) is 26.8 Å². The molecular formula is C20H30O5. The van der Waals surface area contributed by atoms with Crippen molar-refractivity contribution in [3.8, 4) is 0 Å².